The predicted octanol–water partition coefficient (Wildman–Crippen LogP) is 1.38. The monoisotopic (exact) mass is 439 g/mol. The van der Waals surface area contributed by atoms with E-state index in [0.717, 1.165) is 43.6 Å². The van der Waals surface area contributed by atoms with Gasteiger partial charge in [0, 0.05) is 70.1 Å². The number of hydrogen-bond acceptors (Lipinski definition) is 5. The highest BCUT2D eigenvalue weighted by Gasteiger charge is 2.25. The molecule has 162 valence electrons. The molecule has 29 heavy (non-hydrogen) atoms. The van der Waals surface area contributed by atoms with E-state index >= 15 is 0 Å². The summed E-state index contributed by atoms with van der Waals surface area (Å²) in [5, 5.41) is 3.26. The maximum atomic E-state index is 12.5. The van der Waals surface area contributed by atoms with Crippen LogP contribution in [0.5, 0.6) is 0 Å². The molecule has 0 aromatic heterocycles. The van der Waals surface area contributed by atoms with Gasteiger partial charge in [-0.1, -0.05) is 12.1 Å². The van der Waals surface area contributed by atoms with E-state index in [9.17, 15) is 8.42 Å². The standard InChI is InChI=1S/C20H33N5O2S2/c1-17-5-4-6-19(18(17)2)23-8-10-24(11-9-23)20(21-3)22-7-16-29(26,27)25-12-14-28-15-13-25/h4-6H,7-16H2,1-3H3,(H,21,22). The van der Waals surface area contributed by atoms with Crippen LogP contribution in [0.1, 0.15) is 11.1 Å². The average Bonchev–Trinajstić information content (AvgIpc) is 2.74. The van der Waals surface area contributed by atoms with Crippen LogP contribution >= 0.6 is 11.8 Å². The number of nitrogens with zero attached hydrogens (tertiary/aromatic N) is 4. The fourth-order valence-electron chi connectivity index (χ4n) is 3.82. The SMILES string of the molecule is CN=C(NCCS(=O)(=O)N1CCSCC1)N1CCN(c2cccc(C)c2C)CC1. The molecule has 0 amide bonds. The fraction of sp³-hybridized carbons (Fsp3) is 0.650. The highest BCUT2D eigenvalue weighted by molar-refractivity contribution is 7.99. The van der Waals surface area contributed by atoms with Crippen molar-refractivity contribution >= 4 is 33.4 Å². The first kappa shape index (κ1) is 22.2. The number of rotatable bonds is 5. The first-order valence-electron chi connectivity index (χ1n) is 10.2. The molecule has 2 saturated heterocycles. The van der Waals surface area contributed by atoms with Crippen LogP contribution in [-0.4, -0.2) is 93.7 Å². The van der Waals surface area contributed by atoms with Gasteiger partial charge >= 0.3 is 0 Å². The number of hydrogen-bond donors (Lipinski definition) is 1. The van der Waals surface area contributed by atoms with Crippen LogP contribution in [0.3, 0.4) is 0 Å². The minimum Gasteiger partial charge on any atom is -0.368 e. The van der Waals surface area contributed by atoms with Crippen LogP contribution in [0.15, 0.2) is 23.2 Å². The summed E-state index contributed by atoms with van der Waals surface area (Å²) in [5.74, 6) is 2.67. The van der Waals surface area contributed by atoms with Crippen LogP contribution in [0.2, 0.25) is 0 Å². The molecular weight excluding hydrogens is 406 g/mol. The Hall–Kier alpha value is -1.45. The molecule has 0 saturated carbocycles. The summed E-state index contributed by atoms with van der Waals surface area (Å²) >= 11 is 1.81. The topological polar surface area (TPSA) is 68.2 Å². The molecule has 0 atom stereocenters. The van der Waals surface area contributed by atoms with E-state index in [4.69, 9.17) is 0 Å². The van der Waals surface area contributed by atoms with Crippen molar-refractivity contribution in [1.29, 1.82) is 0 Å². The number of thioether (sulfide) groups is 1. The number of anilines is 1. The van der Waals surface area contributed by atoms with Crippen molar-refractivity contribution in [3.63, 3.8) is 0 Å². The summed E-state index contributed by atoms with van der Waals surface area (Å²) in [7, 11) is -1.44. The lowest BCUT2D eigenvalue weighted by molar-refractivity contribution is 0.373. The molecule has 2 heterocycles. The molecule has 3 rings (SSSR count). The van der Waals surface area contributed by atoms with E-state index in [1.807, 2.05) is 11.8 Å². The van der Waals surface area contributed by atoms with Gasteiger partial charge in [0.05, 0.1) is 5.75 Å². The van der Waals surface area contributed by atoms with E-state index in [1.165, 1.54) is 16.8 Å². The number of benzene rings is 1. The molecule has 0 aliphatic carbocycles. The van der Waals surface area contributed by atoms with E-state index in [1.54, 1.807) is 11.4 Å². The molecule has 1 aromatic rings. The molecule has 9 heteroatoms. The Morgan fingerprint density at radius 3 is 2.45 bits per heavy atom. The molecule has 0 radical (unpaired) electrons. The van der Waals surface area contributed by atoms with E-state index < -0.39 is 10.0 Å². The lowest BCUT2D eigenvalue weighted by Crippen LogP contribution is -2.53. The Labute approximate surface area is 179 Å². The van der Waals surface area contributed by atoms with Gasteiger partial charge in [-0.15, -0.1) is 0 Å². The smallest absolute Gasteiger partial charge is 0.215 e. The molecule has 0 unspecified atom stereocenters. The van der Waals surface area contributed by atoms with Gasteiger partial charge in [0.1, 0.15) is 0 Å². The van der Waals surface area contributed by atoms with Crippen molar-refractivity contribution < 1.29 is 8.42 Å². The van der Waals surface area contributed by atoms with Gasteiger partial charge in [0.2, 0.25) is 10.0 Å². The highest BCUT2D eigenvalue weighted by atomic mass is 32.2. The molecule has 2 fully saturated rings. The van der Waals surface area contributed by atoms with Crippen LogP contribution in [0.4, 0.5) is 5.69 Å². The molecule has 2 aliphatic heterocycles. The van der Waals surface area contributed by atoms with Crippen LogP contribution in [0.25, 0.3) is 0 Å². The zero-order chi connectivity index (χ0) is 20.9. The van der Waals surface area contributed by atoms with Crippen molar-refractivity contribution in [2.45, 2.75) is 13.8 Å². The van der Waals surface area contributed by atoms with Crippen molar-refractivity contribution in [2.24, 2.45) is 4.99 Å². The van der Waals surface area contributed by atoms with Gasteiger partial charge in [0.15, 0.2) is 5.96 Å². The lowest BCUT2D eigenvalue weighted by atomic mass is 10.1. The predicted molar refractivity (Wildman–Crippen MR) is 124 cm³/mol. The Morgan fingerprint density at radius 2 is 1.79 bits per heavy atom. The maximum Gasteiger partial charge on any atom is 0.215 e. The molecule has 0 spiro atoms. The zero-order valence-corrected chi connectivity index (χ0v) is 19.4. The fourth-order valence-corrected chi connectivity index (χ4v) is 6.31. The van der Waals surface area contributed by atoms with E-state index in [-0.39, 0.29) is 5.75 Å². The summed E-state index contributed by atoms with van der Waals surface area (Å²) in [4.78, 5) is 9.01. The van der Waals surface area contributed by atoms with Crippen LogP contribution in [-0.2, 0) is 10.0 Å². The van der Waals surface area contributed by atoms with E-state index in [2.05, 4.69) is 52.2 Å². The second kappa shape index (κ2) is 10.0. The Balaban J connectivity index is 1.49. The molecular formula is C20H33N5O2S2. The van der Waals surface area contributed by atoms with Gasteiger partial charge in [-0.3, -0.25) is 4.99 Å². The highest BCUT2D eigenvalue weighted by Crippen LogP contribution is 2.23. The summed E-state index contributed by atoms with van der Waals surface area (Å²) in [5.41, 5.74) is 3.96. The summed E-state index contributed by atoms with van der Waals surface area (Å²) in [6.45, 7) is 9.55. The van der Waals surface area contributed by atoms with Gasteiger partial charge in [0.25, 0.3) is 0 Å². The van der Waals surface area contributed by atoms with Crippen LogP contribution < -0.4 is 10.2 Å². The average molecular weight is 440 g/mol. The number of piperazine rings is 1. The minimum atomic E-state index is -3.20. The molecule has 1 N–H and O–H groups in total. The quantitative estimate of drug-likeness (QED) is 0.552. The summed E-state index contributed by atoms with van der Waals surface area (Å²) in [6.07, 6.45) is 0. The maximum absolute atomic E-state index is 12.5. The van der Waals surface area contributed by atoms with Crippen molar-refractivity contribution in [3.05, 3.63) is 29.3 Å². The molecule has 0 bridgehead atoms. The zero-order valence-electron chi connectivity index (χ0n) is 17.7. The number of sulfonamides is 1. The molecule has 7 nitrogen and oxygen atoms in total. The van der Waals surface area contributed by atoms with Crippen molar-refractivity contribution in [1.82, 2.24) is 14.5 Å². The molecule has 2 aliphatic rings. The van der Waals surface area contributed by atoms with Crippen molar-refractivity contribution in [3.8, 4) is 0 Å². The first-order chi connectivity index (χ1) is 13.9. The first-order valence-corrected chi connectivity index (χ1v) is 13.0. The number of aliphatic imine (C=N–C) groups is 1. The number of nitrogens with one attached hydrogen (secondary N) is 1. The number of aryl methyl sites for hydroxylation is 1. The Morgan fingerprint density at radius 1 is 1.10 bits per heavy atom. The minimum absolute atomic E-state index is 0.110. The van der Waals surface area contributed by atoms with E-state index in [0.29, 0.717) is 19.6 Å². The summed E-state index contributed by atoms with van der Waals surface area (Å²) < 4.78 is 26.6. The second-order valence-corrected chi connectivity index (χ2v) is 10.8. The van der Waals surface area contributed by atoms with Gasteiger partial charge in [-0.25, -0.2) is 12.7 Å². The third kappa shape index (κ3) is 5.58. The Bertz CT molecular complexity index is 814. The van der Waals surface area contributed by atoms with Crippen LogP contribution in [0, 0.1) is 13.8 Å². The normalized spacial score (nSPS) is 19.5. The summed E-state index contributed by atoms with van der Waals surface area (Å²) in [6, 6.07) is 6.46. The third-order valence-corrected chi connectivity index (χ3v) is 8.53. The number of guanidine groups is 1. The largest absolute Gasteiger partial charge is 0.368 e. The second-order valence-electron chi connectivity index (χ2n) is 7.49. The molecule has 1 aromatic carbocycles. The van der Waals surface area contributed by atoms with Crippen molar-refractivity contribution in [2.75, 3.05) is 75.0 Å². The lowest BCUT2D eigenvalue weighted by Gasteiger charge is -2.38. The van der Waals surface area contributed by atoms with Gasteiger partial charge in [-0.05, 0) is 31.0 Å². The van der Waals surface area contributed by atoms with Gasteiger partial charge in [-0.2, -0.15) is 11.8 Å². The van der Waals surface area contributed by atoms with Gasteiger partial charge < -0.3 is 15.1 Å². The Kier molecular flexibility index (Phi) is 7.70. The third-order valence-electron chi connectivity index (χ3n) is 5.71.